The van der Waals surface area contributed by atoms with E-state index in [-0.39, 0.29) is 4.62 Å². The van der Waals surface area contributed by atoms with Crippen molar-refractivity contribution in [1.29, 1.82) is 0 Å². The molecule has 0 aromatic heterocycles. The maximum Gasteiger partial charge on any atom is 0.337 e. The van der Waals surface area contributed by atoms with Gasteiger partial charge in [0.1, 0.15) is 0 Å². The predicted molar refractivity (Wildman–Crippen MR) is 34.0 cm³/mol. The summed E-state index contributed by atoms with van der Waals surface area (Å²) < 4.78 is 0.266. The number of nitrogens with zero attached hydrogens (tertiary/aromatic N) is 1. The normalized spacial score (nSPS) is 26.2. The van der Waals surface area contributed by atoms with E-state index in [0.717, 1.165) is 0 Å². The fourth-order valence-electron chi connectivity index (χ4n) is 0.381. The van der Waals surface area contributed by atoms with Gasteiger partial charge in [0.25, 0.3) is 0 Å². The highest BCUT2D eigenvalue weighted by atomic mass is 79.9. The van der Waals surface area contributed by atoms with Gasteiger partial charge in [-0.1, -0.05) is 0 Å². The SMILES string of the molecule is O=C1NN=C(Br)C(O)N1. The van der Waals surface area contributed by atoms with Gasteiger partial charge in [-0.3, -0.25) is 0 Å². The number of hydrogen-bond acceptors (Lipinski definition) is 3. The molecule has 0 radical (unpaired) electrons. The highest BCUT2D eigenvalue weighted by Gasteiger charge is 2.17. The van der Waals surface area contributed by atoms with Crippen molar-refractivity contribution in [3.63, 3.8) is 0 Å². The third-order valence-corrected chi connectivity index (χ3v) is 1.37. The van der Waals surface area contributed by atoms with E-state index >= 15 is 0 Å². The summed E-state index contributed by atoms with van der Waals surface area (Å²) >= 11 is 2.90. The monoisotopic (exact) mass is 193 g/mol. The van der Waals surface area contributed by atoms with Crippen LogP contribution in [0.4, 0.5) is 4.79 Å². The number of urea groups is 1. The van der Waals surface area contributed by atoms with Crippen molar-refractivity contribution >= 4 is 26.6 Å². The Hall–Kier alpha value is -0.620. The summed E-state index contributed by atoms with van der Waals surface area (Å²) in [4.78, 5) is 10.3. The number of carbonyl (C=O) groups is 1. The van der Waals surface area contributed by atoms with E-state index in [2.05, 4.69) is 31.8 Å². The standard InChI is InChI=1S/C3H4BrN3O2/c4-1-2(8)5-3(9)7-6-1/h2,8H,(H2,5,7,9). The Morgan fingerprint density at radius 1 is 1.78 bits per heavy atom. The average molecular weight is 194 g/mol. The Balaban J connectivity index is 2.67. The largest absolute Gasteiger partial charge is 0.367 e. The zero-order chi connectivity index (χ0) is 6.85. The minimum Gasteiger partial charge on any atom is -0.367 e. The second-order valence-corrected chi connectivity index (χ2v) is 2.23. The van der Waals surface area contributed by atoms with Gasteiger partial charge in [-0.25, -0.2) is 10.2 Å². The molecule has 9 heavy (non-hydrogen) atoms. The van der Waals surface area contributed by atoms with E-state index in [1.807, 2.05) is 0 Å². The quantitative estimate of drug-likeness (QED) is 0.478. The molecule has 0 aromatic rings. The van der Waals surface area contributed by atoms with E-state index in [9.17, 15) is 4.79 Å². The van der Waals surface area contributed by atoms with Gasteiger partial charge in [0.05, 0.1) is 0 Å². The van der Waals surface area contributed by atoms with Gasteiger partial charge in [0, 0.05) is 0 Å². The summed E-state index contributed by atoms with van der Waals surface area (Å²) in [5.74, 6) is 0. The molecular weight excluding hydrogens is 190 g/mol. The first-order chi connectivity index (χ1) is 4.20. The predicted octanol–water partition coefficient (Wildman–Crippen LogP) is -0.674. The summed E-state index contributed by atoms with van der Waals surface area (Å²) in [7, 11) is 0. The molecule has 1 rings (SSSR count). The van der Waals surface area contributed by atoms with Crippen LogP contribution in [0.25, 0.3) is 0 Å². The molecule has 1 aliphatic heterocycles. The number of amides is 2. The molecule has 0 saturated heterocycles. The molecule has 0 saturated carbocycles. The lowest BCUT2D eigenvalue weighted by Crippen LogP contribution is -2.47. The van der Waals surface area contributed by atoms with Crippen molar-refractivity contribution in [1.82, 2.24) is 10.7 Å². The minimum absolute atomic E-state index is 0.266. The number of hydrazone groups is 1. The average Bonchev–Trinajstić information content (AvgIpc) is 1.80. The van der Waals surface area contributed by atoms with Crippen molar-refractivity contribution in [2.24, 2.45) is 5.10 Å². The topological polar surface area (TPSA) is 73.7 Å². The van der Waals surface area contributed by atoms with Crippen LogP contribution in [0, 0.1) is 0 Å². The molecule has 6 heteroatoms. The molecule has 1 unspecified atom stereocenters. The van der Waals surface area contributed by atoms with Gasteiger partial charge in [-0.2, -0.15) is 5.10 Å². The third kappa shape index (κ3) is 1.39. The number of rotatable bonds is 0. The van der Waals surface area contributed by atoms with Gasteiger partial charge in [0.15, 0.2) is 10.8 Å². The van der Waals surface area contributed by atoms with Crippen LogP contribution in [0.3, 0.4) is 0 Å². The number of hydrogen-bond donors (Lipinski definition) is 3. The van der Waals surface area contributed by atoms with Crippen LogP contribution in [-0.2, 0) is 0 Å². The van der Waals surface area contributed by atoms with Crippen LogP contribution in [0.5, 0.6) is 0 Å². The minimum atomic E-state index is -1.02. The van der Waals surface area contributed by atoms with Gasteiger partial charge in [0.2, 0.25) is 0 Å². The Morgan fingerprint density at radius 2 is 2.44 bits per heavy atom. The van der Waals surface area contributed by atoms with Gasteiger partial charge >= 0.3 is 6.03 Å². The lowest BCUT2D eigenvalue weighted by Gasteiger charge is -2.15. The van der Waals surface area contributed by atoms with Crippen molar-refractivity contribution in [3.05, 3.63) is 0 Å². The van der Waals surface area contributed by atoms with Gasteiger partial charge < -0.3 is 10.4 Å². The molecule has 1 aliphatic rings. The van der Waals surface area contributed by atoms with Crippen LogP contribution < -0.4 is 10.7 Å². The van der Waals surface area contributed by atoms with Crippen LogP contribution in [0.1, 0.15) is 0 Å². The zero-order valence-electron chi connectivity index (χ0n) is 4.26. The summed E-state index contributed by atoms with van der Waals surface area (Å²) in [6.07, 6.45) is -1.02. The fraction of sp³-hybridized carbons (Fsp3) is 0.333. The Labute approximate surface area is 59.3 Å². The molecule has 0 aliphatic carbocycles. The van der Waals surface area contributed by atoms with E-state index < -0.39 is 12.3 Å². The summed E-state index contributed by atoms with van der Waals surface area (Å²) in [5, 5.41) is 14.4. The lowest BCUT2D eigenvalue weighted by molar-refractivity contribution is 0.187. The second kappa shape index (κ2) is 2.32. The number of aliphatic hydroxyl groups is 1. The molecule has 5 nitrogen and oxygen atoms in total. The number of nitrogens with one attached hydrogen (secondary N) is 2. The lowest BCUT2D eigenvalue weighted by atomic mass is 10.6. The summed E-state index contributed by atoms with van der Waals surface area (Å²) in [6, 6.07) is -0.509. The van der Waals surface area contributed by atoms with E-state index in [1.165, 1.54) is 0 Å². The Kier molecular flexibility index (Phi) is 1.68. The molecule has 3 N–H and O–H groups in total. The summed E-state index contributed by atoms with van der Waals surface area (Å²) in [6.45, 7) is 0. The molecule has 0 spiro atoms. The molecule has 50 valence electrons. The highest BCUT2D eigenvalue weighted by molar-refractivity contribution is 9.18. The van der Waals surface area contributed by atoms with Gasteiger partial charge in [-0.15, -0.1) is 0 Å². The molecule has 0 aromatic carbocycles. The van der Waals surface area contributed by atoms with E-state index in [1.54, 1.807) is 0 Å². The Bertz CT molecular complexity index is 168. The highest BCUT2D eigenvalue weighted by Crippen LogP contribution is 1.96. The van der Waals surface area contributed by atoms with Crippen LogP contribution in [0.15, 0.2) is 5.10 Å². The maximum absolute atomic E-state index is 10.3. The zero-order valence-corrected chi connectivity index (χ0v) is 5.84. The molecule has 0 fully saturated rings. The van der Waals surface area contributed by atoms with Crippen molar-refractivity contribution < 1.29 is 9.90 Å². The molecule has 1 heterocycles. The molecule has 2 amide bonds. The molecule has 0 bridgehead atoms. The van der Waals surface area contributed by atoms with Crippen LogP contribution in [-0.4, -0.2) is 22.0 Å². The van der Waals surface area contributed by atoms with Gasteiger partial charge in [-0.05, 0) is 15.9 Å². The van der Waals surface area contributed by atoms with Crippen molar-refractivity contribution in [2.75, 3.05) is 0 Å². The summed E-state index contributed by atoms with van der Waals surface area (Å²) in [5.41, 5.74) is 2.09. The van der Waals surface area contributed by atoms with Crippen molar-refractivity contribution in [2.45, 2.75) is 6.23 Å². The van der Waals surface area contributed by atoms with E-state index in [4.69, 9.17) is 5.11 Å². The number of aliphatic hydroxyl groups excluding tert-OH is 1. The smallest absolute Gasteiger partial charge is 0.337 e. The van der Waals surface area contributed by atoms with E-state index in [0.29, 0.717) is 0 Å². The Morgan fingerprint density at radius 3 is 2.89 bits per heavy atom. The molecular formula is C3H4BrN3O2. The third-order valence-electron chi connectivity index (χ3n) is 0.758. The molecule has 1 atom stereocenters. The fourth-order valence-corrected chi connectivity index (χ4v) is 0.584. The second-order valence-electron chi connectivity index (χ2n) is 1.42. The number of carbonyl (C=O) groups excluding carboxylic acids is 1. The maximum atomic E-state index is 10.3. The van der Waals surface area contributed by atoms with Crippen LogP contribution >= 0.6 is 15.9 Å². The number of halogens is 1. The van der Waals surface area contributed by atoms with Crippen molar-refractivity contribution in [3.8, 4) is 0 Å². The first kappa shape index (κ1) is 6.50. The first-order valence-corrected chi connectivity index (χ1v) is 2.97. The first-order valence-electron chi connectivity index (χ1n) is 2.18. The van der Waals surface area contributed by atoms with Crippen LogP contribution in [0.2, 0.25) is 0 Å².